The summed E-state index contributed by atoms with van der Waals surface area (Å²) in [5.41, 5.74) is 0. The van der Waals surface area contributed by atoms with Gasteiger partial charge in [0.2, 0.25) is 5.91 Å². The van der Waals surface area contributed by atoms with E-state index in [1.54, 1.807) is 0 Å². The van der Waals surface area contributed by atoms with Crippen LogP contribution in [0.5, 0.6) is 0 Å². The molecule has 0 aliphatic carbocycles. The van der Waals surface area contributed by atoms with E-state index in [9.17, 15) is 4.79 Å². The number of carbonyl (C=O) groups excluding carboxylic acids is 1. The summed E-state index contributed by atoms with van der Waals surface area (Å²) < 4.78 is 0. The second-order valence-electron chi connectivity index (χ2n) is 2.43. The van der Waals surface area contributed by atoms with E-state index in [0.29, 0.717) is 6.42 Å². The van der Waals surface area contributed by atoms with Crippen molar-refractivity contribution in [2.24, 2.45) is 0 Å². The molecule has 0 fully saturated rings. The second-order valence-corrected chi connectivity index (χ2v) is 2.43. The van der Waals surface area contributed by atoms with Gasteiger partial charge >= 0.3 is 0 Å². The lowest BCUT2D eigenvalue weighted by atomic mass is 10.3. The third-order valence-corrected chi connectivity index (χ3v) is 1.28. The van der Waals surface area contributed by atoms with Gasteiger partial charge in [-0.15, -0.1) is 0 Å². The summed E-state index contributed by atoms with van der Waals surface area (Å²) in [5, 5.41) is 2.80. The van der Waals surface area contributed by atoms with Gasteiger partial charge in [-0.2, -0.15) is 0 Å². The number of rotatable bonds is 5. The number of nitrogens with one attached hydrogen (secondary N) is 1. The van der Waals surface area contributed by atoms with Crippen molar-refractivity contribution < 1.29 is 4.79 Å². The van der Waals surface area contributed by atoms with Crippen LogP contribution in [0.15, 0.2) is 12.2 Å². The topological polar surface area (TPSA) is 29.1 Å². The highest BCUT2D eigenvalue weighted by Gasteiger charge is 1.93. The van der Waals surface area contributed by atoms with E-state index in [4.69, 9.17) is 0 Å². The van der Waals surface area contributed by atoms with Gasteiger partial charge in [0, 0.05) is 13.0 Å². The Balaban J connectivity index is 3.29. The molecular weight excluding hydrogens is 138 g/mol. The zero-order valence-corrected chi connectivity index (χ0v) is 7.39. The van der Waals surface area contributed by atoms with Crippen molar-refractivity contribution in [1.82, 2.24) is 5.32 Å². The first-order chi connectivity index (χ1) is 5.31. The summed E-state index contributed by atoms with van der Waals surface area (Å²) in [5.74, 6) is 0.122. The highest BCUT2D eigenvalue weighted by atomic mass is 16.1. The molecule has 0 aromatic heterocycles. The third kappa shape index (κ3) is 7.10. The molecule has 1 amide bonds. The third-order valence-electron chi connectivity index (χ3n) is 1.28. The fourth-order valence-corrected chi connectivity index (χ4v) is 0.694. The van der Waals surface area contributed by atoms with Crippen molar-refractivity contribution in [2.75, 3.05) is 6.54 Å². The van der Waals surface area contributed by atoms with E-state index in [1.165, 1.54) is 0 Å². The van der Waals surface area contributed by atoms with Crippen LogP contribution in [0.25, 0.3) is 0 Å². The molecule has 0 aromatic rings. The molecule has 0 saturated carbocycles. The Morgan fingerprint density at radius 1 is 1.36 bits per heavy atom. The first-order valence-corrected chi connectivity index (χ1v) is 4.23. The van der Waals surface area contributed by atoms with Gasteiger partial charge in [-0.1, -0.05) is 26.0 Å². The zero-order valence-electron chi connectivity index (χ0n) is 7.39. The molecule has 2 heteroatoms. The monoisotopic (exact) mass is 155 g/mol. The van der Waals surface area contributed by atoms with Crippen molar-refractivity contribution in [3.63, 3.8) is 0 Å². The lowest BCUT2D eigenvalue weighted by molar-refractivity contribution is -0.120. The molecule has 11 heavy (non-hydrogen) atoms. The smallest absolute Gasteiger partial charge is 0.223 e. The van der Waals surface area contributed by atoms with Crippen LogP contribution in [0.1, 0.15) is 33.1 Å². The Morgan fingerprint density at radius 3 is 2.64 bits per heavy atom. The Hall–Kier alpha value is -0.790. The first-order valence-electron chi connectivity index (χ1n) is 4.23. The highest BCUT2D eigenvalue weighted by molar-refractivity contribution is 5.77. The van der Waals surface area contributed by atoms with Crippen molar-refractivity contribution in [3.8, 4) is 0 Å². The number of allylic oxidation sites excluding steroid dienone is 1. The number of hydrogen-bond acceptors (Lipinski definition) is 1. The van der Waals surface area contributed by atoms with Crippen molar-refractivity contribution >= 4 is 5.91 Å². The van der Waals surface area contributed by atoms with Crippen LogP contribution < -0.4 is 5.32 Å². The fourth-order valence-electron chi connectivity index (χ4n) is 0.694. The Morgan fingerprint density at radius 2 is 2.09 bits per heavy atom. The average Bonchev–Trinajstić information content (AvgIpc) is 2.01. The predicted molar refractivity (Wildman–Crippen MR) is 47.3 cm³/mol. The highest BCUT2D eigenvalue weighted by Crippen LogP contribution is 1.86. The summed E-state index contributed by atoms with van der Waals surface area (Å²) in [4.78, 5) is 10.9. The second kappa shape index (κ2) is 7.32. The van der Waals surface area contributed by atoms with Gasteiger partial charge in [-0.25, -0.2) is 0 Å². The van der Waals surface area contributed by atoms with Gasteiger partial charge in [0.1, 0.15) is 0 Å². The van der Waals surface area contributed by atoms with Gasteiger partial charge < -0.3 is 5.32 Å². The quantitative estimate of drug-likeness (QED) is 0.603. The van der Waals surface area contributed by atoms with E-state index in [0.717, 1.165) is 19.4 Å². The van der Waals surface area contributed by atoms with Crippen LogP contribution in [0, 0.1) is 0 Å². The Bertz CT molecular complexity index is 130. The first kappa shape index (κ1) is 10.2. The number of carbonyl (C=O) groups is 1. The molecule has 0 saturated heterocycles. The molecule has 1 N–H and O–H groups in total. The summed E-state index contributed by atoms with van der Waals surface area (Å²) >= 11 is 0. The lowest BCUT2D eigenvalue weighted by Gasteiger charge is -1.98. The normalized spacial score (nSPS) is 10.4. The summed E-state index contributed by atoms with van der Waals surface area (Å²) in [6.07, 6.45) is 6.44. The number of amides is 1. The average molecular weight is 155 g/mol. The van der Waals surface area contributed by atoms with Crippen LogP contribution >= 0.6 is 0 Å². The molecule has 0 heterocycles. The molecule has 0 radical (unpaired) electrons. The maximum absolute atomic E-state index is 10.9. The summed E-state index contributed by atoms with van der Waals surface area (Å²) in [7, 11) is 0. The maximum Gasteiger partial charge on any atom is 0.223 e. The van der Waals surface area contributed by atoms with Crippen LogP contribution in [-0.4, -0.2) is 12.5 Å². The van der Waals surface area contributed by atoms with Gasteiger partial charge in [0.05, 0.1) is 0 Å². The van der Waals surface area contributed by atoms with Crippen LogP contribution in [0.2, 0.25) is 0 Å². The molecule has 0 aliphatic heterocycles. The molecular formula is C9H17NO. The lowest BCUT2D eigenvalue weighted by Crippen LogP contribution is -2.22. The van der Waals surface area contributed by atoms with E-state index in [-0.39, 0.29) is 5.91 Å². The van der Waals surface area contributed by atoms with Gasteiger partial charge in [-0.05, 0) is 12.8 Å². The van der Waals surface area contributed by atoms with E-state index >= 15 is 0 Å². The van der Waals surface area contributed by atoms with Crippen molar-refractivity contribution in [3.05, 3.63) is 12.2 Å². The minimum atomic E-state index is 0.122. The molecule has 0 aliphatic rings. The van der Waals surface area contributed by atoms with Crippen LogP contribution in [0.3, 0.4) is 0 Å². The Kier molecular flexibility index (Phi) is 6.79. The van der Waals surface area contributed by atoms with Gasteiger partial charge in [0.15, 0.2) is 0 Å². The zero-order chi connectivity index (χ0) is 8.53. The van der Waals surface area contributed by atoms with Crippen molar-refractivity contribution in [2.45, 2.75) is 33.1 Å². The Labute approximate surface area is 68.7 Å². The molecule has 0 spiro atoms. The predicted octanol–water partition coefficient (Wildman–Crippen LogP) is 1.87. The molecule has 64 valence electrons. The molecule has 0 atom stereocenters. The molecule has 0 unspecified atom stereocenters. The van der Waals surface area contributed by atoms with E-state index in [1.807, 2.05) is 19.1 Å². The van der Waals surface area contributed by atoms with E-state index in [2.05, 4.69) is 12.2 Å². The largest absolute Gasteiger partial charge is 0.356 e. The summed E-state index contributed by atoms with van der Waals surface area (Å²) in [6, 6.07) is 0. The molecule has 0 rings (SSSR count). The van der Waals surface area contributed by atoms with Crippen LogP contribution in [0.4, 0.5) is 0 Å². The standard InChI is InChI=1S/C9H17NO/c1-3-5-6-7-9(11)10-8-4-2/h5-6H,3-4,7-8H2,1-2H3,(H,10,11)/b6-5+. The van der Waals surface area contributed by atoms with E-state index < -0.39 is 0 Å². The number of hydrogen-bond donors (Lipinski definition) is 1. The molecule has 2 nitrogen and oxygen atoms in total. The van der Waals surface area contributed by atoms with Crippen LogP contribution in [-0.2, 0) is 4.79 Å². The summed E-state index contributed by atoms with van der Waals surface area (Å²) in [6.45, 7) is 4.89. The minimum absolute atomic E-state index is 0.122. The van der Waals surface area contributed by atoms with Gasteiger partial charge in [0.25, 0.3) is 0 Å². The SMILES string of the molecule is CC/C=C/CC(=O)NCCC. The van der Waals surface area contributed by atoms with Crippen molar-refractivity contribution in [1.29, 1.82) is 0 Å². The minimum Gasteiger partial charge on any atom is -0.356 e. The maximum atomic E-state index is 10.9. The fraction of sp³-hybridized carbons (Fsp3) is 0.667. The molecule has 0 aromatic carbocycles. The van der Waals surface area contributed by atoms with Gasteiger partial charge in [-0.3, -0.25) is 4.79 Å². The molecule has 0 bridgehead atoms.